The molecular formula is C25H18F3NO4. The van der Waals surface area contributed by atoms with E-state index in [-0.39, 0.29) is 28.1 Å². The number of methoxy groups -OCH3 is 1. The van der Waals surface area contributed by atoms with E-state index in [0.29, 0.717) is 0 Å². The molecule has 1 saturated heterocycles. The van der Waals surface area contributed by atoms with Crippen molar-refractivity contribution >= 4 is 23.1 Å². The molecule has 33 heavy (non-hydrogen) atoms. The fourth-order valence-electron chi connectivity index (χ4n) is 3.85. The lowest BCUT2D eigenvalue weighted by Gasteiger charge is -2.25. The SMILES string of the molecule is COc1ccc(C)cc1/C(O)=C1\C(=O)C(=O)N(c2ccc(F)c(F)c2)C1c1ccc(F)cc1. The highest BCUT2D eigenvalue weighted by Crippen LogP contribution is 2.43. The highest BCUT2D eigenvalue weighted by atomic mass is 19.2. The van der Waals surface area contributed by atoms with E-state index >= 15 is 0 Å². The number of nitrogens with zero attached hydrogens (tertiary/aromatic N) is 1. The number of halogens is 3. The van der Waals surface area contributed by atoms with Gasteiger partial charge in [0.2, 0.25) is 0 Å². The van der Waals surface area contributed by atoms with Gasteiger partial charge in [0, 0.05) is 11.8 Å². The summed E-state index contributed by atoms with van der Waals surface area (Å²) in [5.74, 6) is -5.23. The number of benzene rings is 3. The Morgan fingerprint density at radius 1 is 0.939 bits per heavy atom. The first-order chi connectivity index (χ1) is 15.7. The second-order valence-corrected chi connectivity index (χ2v) is 7.52. The van der Waals surface area contributed by atoms with Gasteiger partial charge in [0.15, 0.2) is 11.6 Å². The molecule has 0 bridgehead atoms. The van der Waals surface area contributed by atoms with E-state index in [1.54, 1.807) is 25.1 Å². The number of hydrogen-bond donors (Lipinski definition) is 1. The van der Waals surface area contributed by atoms with Crippen molar-refractivity contribution in [2.24, 2.45) is 0 Å². The van der Waals surface area contributed by atoms with Crippen molar-refractivity contribution in [2.45, 2.75) is 13.0 Å². The fourth-order valence-corrected chi connectivity index (χ4v) is 3.85. The van der Waals surface area contributed by atoms with Gasteiger partial charge in [-0.25, -0.2) is 13.2 Å². The quantitative estimate of drug-likeness (QED) is 0.341. The Bertz CT molecular complexity index is 1300. The fraction of sp³-hybridized carbons (Fsp3) is 0.120. The second kappa shape index (κ2) is 8.46. The topological polar surface area (TPSA) is 66.8 Å². The maximum absolute atomic E-state index is 14.0. The molecule has 0 spiro atoms. The molecule has 4 rings (SSSR count). The molecule has 0 aromatic heterocycles. The Labute approximate surface area is 187 Å². The summed E-state index contributed by atoms with van der Waals surface area (Å²) in [5, 5.41) is 11.2. The molecule has 1 atom stereocenters. The predicted molar refractivity (Wildman–Crippen MR) is 115 cm³/mol. The highest BCUT2D eigenvalue weighted by molar-refractivity contribution is 6.51. The summed E-state index contributed by atoms with van der Waals surface area (Å²) in [6, 6.07) is 11.4. The lowest BCUT2D eigenvalue weighted by atomic mass is 9.94. The zero-order valence-corrected chi connectivity index (χ0v) is 17.6. The summed E-state index contributed by atoms with van der Waals surface area (Å²) in [6.07, 6.45) is 0. The van der Waals surface area contributed by atoms with Gasteiger partial charge in [-0.15, -0.1) is 0 Å². The molecule has 1 aliphatic rings. The average molecular weight is 453 g/mol. The van der Waals surface area contributed by atoms with Crippen molar-refractivity contribution in [3.8, 4) is 5.75 Å². The highest BCUT2D eigenvalue weighted by Gasteiger charge is 2.47. The molecule has 3 aromatic carbocycles. The first-order valence-electron chi connectivity index (χ1n) is 9.89. The van der Waals surface area contributed by atoms with Crippen molar-refractivity contribution in [3.63, 3.8) is 0 Å². The second-order valence-electron chi connectivity index (χ2n) is 7.52. The Morgan fingerprint density at radius 2 is 1.64 bits per heavy atom. The van der Waals surface area contributed by atoms with Gasteiger partial charge in [0.1, 0.15) is 17.3 Å². The van der Waals surface area contributed by atoms with Crippen molar-refractivity contribution in [2.75, 3.05) is 12.0 Å². The van der Waals surface area contributed by atoms with Crippen LogP contribution in [0.25, 0.3) is 5.76 Å². The van der Waals surface area contributed by atoms with Gasteiger partial charge in [-0.1, -0.05) is 23.8 Å². The minimum Gasteiger partial charge on any atom is -0.507 e. The van der Waals surface area contributed by atoms with Crippen LogP contribution in [0.5, 0.6) is 5.75 Å². The number of Topliss-reactive ketones (excluding diaryl/α,β-unsaturated/α-hetero) is 1. The van der Waals surface area contributed by atoms with Crippen molar-refractivity contribution < 1.29 is 32.6 Å². The Morgan fingerprint density at radius 3 is 2.27 bits per heavy atom. The van der Waals surface area contributed by atoms with Crippen LogP contribution >= 0.6 is 0 Å². The van der Waals surface area contributed by atoms with Crippen LogP contribution in [-0.4, -0.2) is 23.9 Å². The molecule has 1 heterocycles. The van der Waals surface area contributed by atoms with E-state index in [2.05, 4.69) is 0 Å². The van der Waals surface area contributed by atoms with Gasteiger partial charge in [-0.3, -0.25) is 14.5 Å². The lowest BCUT2D eigenvalue weighted by Crippen LogP contribution is -2.29. The summed E-state index contributed by atoms with van der Waals surface area (Å²) in [7, 11) is 1.39. The third-order valence-corrected chi connectivity index (χ3v) is 5.42. The van der Waals surface area contributed by atoms with E-state index in [9.17, 15) is 27.9 Å². The van der Waals surface area contributed by atoms with Crippen LogP contribution in [0.1, 0.15) is 22.7 Å². The standard InChI is InChI=1S/C25H18F3NO4/c1-13-3-10-20(33-2)17(11-13)23(30)21-22(14-4-6-15(26)7-5-14)29(25(32)24(21)31)16-8-9-18(27)19(28)12-16/h3-12,22,30H,1-2H3/b23-21+. The van der Waals surface area contributed by atoms with Crippen molar-refractivity contribution in [1.82, 2.24) is 0 Å². The van der Waals surface area contributed by atoms with Gasteiger partial charge in [0.25, 0.3) is 11.7 Å². The lowest BCUT2D eigenvalue weighted by molar-refractivity contribution is -0.132. The molecule has 1 fully saturated rings. The summed E-state index contributed by atoms with van der Waals surface area (Å²) < 4.78 is 46.4. The molecule has 0 aliphatic carbocycles. The maximum atomic E-state index is 14.0. The van der Waals surface area contributed by atoms with Crippen LogP contribution in [-0.2, 0) is 9.59 Å². The van der Waals surface area contributed by atoms with Crippen LogP contribution < -0.4 is 9.64 Å². The Kier molecular flexibility index (Phi) is 5.68. The maximum Gasteiger partial charge on any atom is 0.300 e. The Balaban J connectivity index is 1.99. The van der Waals surface area contributed by atoms with Crippen LogP contribution in [0.15, 0.2) is 66.2 Å². The van der Waals surface area contributed by atoms with Gasteiger partial charge in [0.05, 0.1) is 24.3 Å². The number of rotatable bonds is 4. The predicted octanol–water partition coefficient (Wildman–Crippen LogP) is 5.05. The number of aliphatic hydroxyl groups is 1. The van der Waals surface area contributed by atoms with E-state index in [1.165, 1.54) is 19.2 Å². The smallest absolute Gasteiger partial charge is 0.300 e. The molecule has 1 amide bonds. The van der Waals surface area contributed by atoms with E-state index < -0.39 is 40.9 Å². The molecule has 0 radical (unpaired) electrons. The van der Waals surface area contributed by atoms with E-state index in [1.807, 2.05) is 0 Å². The largest absolute Gasteiger partial charge is 0.507 e. The van der Waals surface area contributed by atoms with E-state index in [0.717, 1.165) is 40.8 Å². The van der Waals surface area contributed by atoms with Crippen molar-refractivity contribution in [1.29, 1.82) is 0 Å². The number of aryl methyl sites for hydroxylation is 1. The molecule has 1 aliphatic heterocycles. The van der Waals surface area contributed by atoms with E-state index in [4.69, 9.17) is 4.74 Å². The molecular weight excluding hydrogens is 435 g/mol. The number of ketones is 1. The summed E-state index contributed by atoms with van der Waals surface area (Å²) in [5.41, 5.74) is 0.827. The Hall–Kier alpha value is -4.07. The zero-order chi connectivity index (χ0) is 23.9. The first-order valence-corrected chi connectivity index (χ1v) is 9.89. The molecule has 5 nitrogen and oxygen atoms in total. The number of hydrogen-bond acceptors (Lipinski definition) is 4. The molecule has 1 N–H and O–H groups in total. The summed E-state index contributed by atoms with van der Waals surface area (Å²) >= 11 is 0. The molecule has 3 aromatic rings. The van der Waals surface area contributed by atoms with Gasteiger partial charge < -0.3 is 9.84 Å². The minimum atomic E-state index is -1.22. The number of ether oxygens (including phenoxy) is 1. The van der Waals surface area contributed by atoms with Crippen LogP contribution in [0.2, 0.25) is 0 Å². The zero-order valence-electron chi connectivity index (χ0n) is 17.6. The number of amides is 1. The summed E-state index contributed by atoms with van der Waals surface area (Å²) in [6.45, 7) is 1.77. The number of aliphatic hydroxyl groups excluding tert-OH is 1. The third-order valence-electron chi connectivity index (χ3n) is 5.42. The third kappa shape index (κ3) is 3.84. The van der Waals surface area contributed by atoms with Crippen LogP contribution in [0.4, 0.5) is 18.9 Å². The molecule has 168 valence electrons. The number of carbonyl (C=O) groups is 2. The van der Waals surface area contributed by atoms with Gasteiger partial charge >= 0.3 is 0 Å². The normalized spacial score (nSPS) is 17.5. The van der Waals surface area contributed by atoms with Crippen LogP contribution in [0, 0.1) is 24.4 Å². The molecule has 0 saturated carbocycles. The molecule has 8 heteroatoms. The number of carbonyl (C=O) groups excluding carboxylic acids is 2. The number of anilines is 1. The van der Waals surface area contributed by atoms with Crippen molar-refractivity contribution in [3.05, 3.63) is 100 Å². The minimum absolute atomic E-state index is 0.0967. The summed E-state index contributed by atoms with van der Waals surface area (Å²) in [4.78, 5) is 27.1. The first kappa shape index (κ1) is 22.1. The monoisotopic (exact) mass is 453 g/mol. The van der Waals surface area contributed by atoms with Gasteiger partial charge in [-0.05, 0) is 48.9 Å². The van der Waals surface area contributed by atoms with Crippen LogP contribution in [0.3, 0.4) is 0 Å². The average Bonchev–Trinajstić information content (AvgIpc) is 3.06. The van der Waals surface area contributed by atoms with Gasteiger partial charge in [-0.2, -0.15) is 0 Å². The molecule has 1 unspecified atom stereocenters.